The van der Waals surface area contributed by atoms with Gasteiger partial charge in [0.05, 0.1) is 41.1 Å². The molecular formula is C24H22ClF3N2O5S. The number of carbonyl (C=O) groups is 1. The first-order chi connectivity index (χ1) is 16.9. The zero-order valence-electron chi connectivity index (χ0n) is 19.4. The number of rotatable bonds is 8. The first-order valence-corrected chi connectivity index (χ1v) is 12.2. The summed E-state index contributed by atoms with van der Waals surface area (Å²) in [7, 11) is -1.59. The summed E-state index contributed by atoms with van der Waals surface area (Å²) in [5.74, 6) is -0.446. The third-order valence-electron chi connectivity index (χ3n) is 5.12. The number of nitrogens with zero attached hydrogens (tertiary/aromatic N) is 1. The van der Waals surface area contributed by atoms with Crippen molar-refractivity contribution in [2.45, 2.75) is 18.0 Å². The number of methoxy groups -OCH3 is 2. The van der Waals surface area contributed by atoms with Crippen LogP contribution in [0.15, 0.2) is 65.6 Å². The van der Waals surface area contributed by atoms with Crippen LogP contribution in [0, 0.1) is 6.92 Å². The predicted molar refractivity (Wildman–Crippen MR) is 130 cm³/mol. The number of halogens is 4. The van der Waals surface area contributed by atoms with E-state index in [1.165, 1.54) is 44.6 Å². The topological polar surface area (TPSA) is 84.9 Å². The molecule has 0 saturated heterocycles. The SMILES string of the molecule is COc1ccc(S(=O)(=O)N(CC(=O)Nc2cc(C(F)(F)F)ccc2Cl)c2ccc(C)cc2)cc1OC. The van der Waals surface area contributed by atoms with Crippen LogP contribution in [0.2, 0.25) is 5.02 Å². The van der Waals surface area contributed by atoms with E-state index < -0.39 is 34.2 Å². The number of alkyl halides is 3. The van der Waals surface area contributed by atoms with Gasteiger partial charge in [-0.3, -0.25) is 9.10 Å². The normalized spacial score (nSPS) is 11.6. The minimum absolute atomic E-state index is 0.138. The summed E-state index contributed by atoms with van der Waals surface area (Å²) in [6.07, 6.45) is -4.66. The van der Waals surface area contributed by atoms with Crippen molar-refractivity contribution in [1.82, 2.24) is 0 Å². The molecule has 0 saturated carbocycles. The number of benzene rings is 3. The van der Waals surface area contributed by atoms with E-state index in [4.69, 9.17) is 21.1 Å². The van der Waals surface area contributed by atoms with Crippen molar-refractivity contribution >= 4 is 38.9 Å². The highest BCUT2D eigenvalue weighted by Crippen LogP contribution is 2.35. The molecule has 36 heavy (non-hydrogen) atoms. The molecule has 0 atom stereocenters. The van der Waals surface area contributed by atoms with E-state index in [0.717, 1.165) is 22.0 Å². The summed E-state index contributed by atoms with van der Waals surface area (Å²) >= 11 is 5.97. The number of amides is 1. The van der Waals surface area contributed by atoms with Gasteiger partial charge >= 0.3 is 6.18 Å². The third-order valence-corrected chi connectivity index (χ3v) is 7.22. The number of hydrogen-bond acceptors (Lipinski definition) is 5. The van der Waals surface area contributed by atoms with E-state index in [1.807, 2.05) is 0 Å². The van der Waals surface area contributed by atoms with Gasteiger partial charge in [-0.15, -0.1) is 0 Å². The molecule has 0 heterocycles. The first kappa shape index (κ1) is 27.2. The molecule has 1 amide bonds. The van der Waals surface area contributed by atoms with Gasteiger partial charge in [-0.25, -0.2) is 8.42 Å². The quantitative estimate of drug-likeness (QED) is 0.405. The Hall–Kier alpha value is -3.44. The first-order valence-electron chi connectivity index (χ1n) is 10.3. The molecule has 0 aliphatic rings. The van der Waals surface area contributed by atoms with Crippen LogP contribution in [-0.2, 0) is 21.0 Å². The van der Waals surface area contributed by atoms with E-state index in [1.54, 1.807) is 19.1 Å². The summed E-state index contributed by atoms with van der Waals surface area (Å²) in [5.41, 5.74) is -0.303. The molecule has 3 aromatic rings. The van der Waals surface area contributed by atoms with Gasteiger partial charge in [-0.2, -0.15) is 13.2 Å². The Bertz CT molecular complexity index is 1360. The number of sulfonamides is 1. The summed E-state index contributed by atoms with van der Waals surface area (Å²) in [6, 6.07) is 12.7. The van der Waals surface area contributed by atoms with Gasteiger partial charge in [0.1, 0.15) is 6.54 Å². The fourth-order valence-electron chi connectivity index (χ4n) is 3.25. The monoisotopic (exact) mass is 542 g/mol. The van der Waals surface area contributed by atoms with Crippen LogP contribution in [0.5, 0.6) is 11.5 Å². The van der Waals surface area contributed by atoms with Gasteiger partial charge in [0.25, 0.3) is 10.0 Å². The average molecular weight is 543 g/mol. The van der Waals surface area contributed by atoms with Crippen molar-refractivity contribution in [2.24, 2.45) is 0 Å². The second-order valence-corrected chi connectivity index (χ2v) is 9.87. The van der Waals surface area contributed by atoms with Crippen LogP contribution < -0.4 is 19.1 Å². The zero-order valence-corrected chi connectivity index (χ0v) is 21.0. The van der Waals surface area contributed by atoms with Crippen molar-refractivity contribution in [3.63, 3.8) is 0 Å². The second-order valence-electron chi connectivity index (χ2n) is 7.60. The molecule has 0 spiro atoms. The van der Waals surface area contributed by atoms with Crippen molar-refractivity contribution < 1.29 is 35.9 Å². The van der Waals surface area contributed by atoms with E-state index in [-0.39, 0.29) is 27.0 Å². The number of anilines is 2. The summed E-state index contributed by atoms with van der Waals surface area (Å²) in [5, 5.41) is 2.14. The third kappa shape index (κ3) is 6.03. The van der Waals surface area contributed by atoms with E-state index >= 15 is 0 Å². The van der Waals surface area contributed by atoms with Crippen LogP contribution >= 0.6 is 11.6 Å². The highest BCUT2D eigenvalue weighted by atomic mass is 35.5. The molecule has 0 fully saturated rings. The average Bonchev–Trinajstić information content (AvgIpc) is 2.83. The Morgan fingerprint density at radius 3 is 2.19 bits per heavy atom. The molecule has 0 aliphatic carbocycles. The molecule has 12 heteroatoms. The molecule has 0 aromatic heterocycles. The highest BCUT2D eigenvalue weighted by Gasteiger charge is 2.32. The fraction of sp³-hybridized carbons (Fsp3) is 0.208. The number of ether oxygens (including phenoxy) is 2. The molecule has 1 N–H and O–H groups in total. The molecule has 7 nitrogen and oxygen atoms in total. The molecule has 0 bridgehead atoms. The van der Waals surface area contributed by atoms with Gasteiger partial charge in [-0.05, 0) is 49.4 Å². The maximum atomic E-state index is 13.6. The summed E-state index contributed by atoms with van der Waals surface area (Å²) in [6.45, 7) is 1.06. The van der Waals surface area contributed by atoms with Crippen LogP contribution in [0.1, 0.15) is 11.1 Å². The highest BCUT2D eigenvalue weighted by molar-refractivity contribution is 7.92. The lowest BCUT2D eigenvalue weighted by Gasteiger charge is -2.25. The lowest BCUT2D eigenvalue weighted by Crippen LogP contribution is -2.38. The molecular weight excluding hydrogens is 521 g/mol. The second kappa shape index (κ2) is 10.7. The van der Waals surface area contributed by atoms with E-state index in [2.05, 4.69) is 5.32 Å². The van der Waals surface area contributed by atoms with Crippen LogP contribution in [0.3, 0.4) is 0 Å². The van der Waals surface area contributed by atoms with E-state index in [0.29, 0.717) is 11.8 Å². The Morgan fingerprint density at radius 1 is 0.972 bits per heavy atom. The molecule has 192 valence electrons. The van der Waals surface area contributed by atoms with Crippen molar-refractivity contribution in [1.29, 1.82) is 0 Å². The largest absolute Gasteiger partial charge is 0.493 e. The Kier molecular flexibility index (Phi) is 8.05. The molecule has 3 rings (SSSR count). The maximum absolute atomic E-state index is 13.6. The van der Waals surface area contributed by atoms with Gasteiger partial charge < -0.3 is 14.8 Å². The number of carbonyl (C=O) groups excluding carboxylic acids is 1. The van der Waals surface area contributed by atoms with Crippen molar-refractivity contribution in [3.05, 3.63) is 76.8 Å². The Labute approximate surface area is 211 Å². The van der Waals surface area contributed by atoms with Gasteiger partial charge in [0.15, 0.2) is 11.5 Å². The molecule has 3 aromatic carbocycles. The minimum Gasteiger partial charge on any atom is -0.493 e. The van der Waals surface area contributed by atoms with Crippen LogP contribution in [0.25, 0.3) is 0 Å². The van der Waals surface area contributed by atoms with Crippen LogP contribution in [0.4, 0.5) is 24.5 Å². The summed E-state index contributed by atoms with van der Waals surface area (Å²) < 4.78 is 77.7. The lowest BCUT2D eigenvalue weighted by molar-refractivity contribution is -0.137. The Morgan fingerprint density at radius 2 is 1.61 bits per heavy atom. The van der Waals surface area contributed by atoms with Crippen LogP contribution in [-0.4, -0.2) is 35.1 Å². The van der Waals surface area contributed by atoms with Gasteiger partial charge in [0.2, 0.25) is 5.91 Å². The van der Waals surface area contributed by atoms with Crippen molar-refractivity contribution in [3.8, 4) is 11.5 Å². The fourth-order valence-corrected chi connectivity index (χ4v) is 4.85. The molecule has 0 aliphatic heterocycles. The van der Waals surface area contributed by atoms with Gasteiger partial charge in [0, 0.05) is 6.07 Å². The predicted octanol–water partition coefficient (Wildman–Crippen LogP) is 5.52. The van der Waals surface area contributed by atoms with Gasteiger partial charge in [-0.1, -0.05) is 29.3 Å². The summed E-state index contributed by atoms with van der Waals surface area (Å²) in [4.78, 5) is 12.7. The number of nitrogens with one attached hydrogen (secondary N) is 1. The number of hydrogen-bond donors (Lipinski definition) is 1. The lowest BCUT2D eigenvalue weighted by atomic mass is 10.2. The Balaban J connectivity index is 1.99. The maximum Gasteiger partial charge on any atom is 0.416 e. The zero-order chi connectivity index (χ0) is 26.7. The number of aryl methyl sites for hydroxylation is 1. The standard InChI is InChI=1S/C24H22ClF3N2O5S/c1-15-4-7-17(8-5-15)30(36(32,33)18-9-11-21(34-2)22(13-18)35-3)14-23(31)29-20-12-16(24(26,27)28)6-10-19(20)25/h4-13H,14H2,1-3H3,(H,29,31). The molecule has 0 unspecified atom stereocenters. The smallest absolute Gasteiger partial charge is 0.416 e. The van der Waals surface area contributed by atoms with E-state index in [9.17, 15) is 26.4 Å². The molecule has 0 radical (unpaired) electrons. The minimum atomic E-state index is -4.66. The van der Waals surface area contributed by atoms with Crippen molar-refractivity contribution in [2.75, 3.05) is 30.4 Å².